The van der Waals surface area contributed by atoms with Gasteiger partial charge in [0, 0.05) is 16.9 Å². The van der Waals surface area contributed by atoms with Crippen LogP contribution in [0.25, 0.3) is 0 Å². The molecule has 3 saturated heterocycles. The number of nitrogens with zero attached hydrogens (tertiary/aromatic N) is 2. The van der Waals surface area contributed by atoms with Gasteiger partial charge in [-0.3, -0.25) is 14.4 Å². The molecule has 0 saturated carbocycles. The molecule has 3 unspecified atom stereocenters. The molecule has 1 spiro atoms. The van der Waals surface area contributed by atoms with Gasteiger partial charge >= 0.3 is 5.97 Å². The topological polar surface area (TPSA) is 96.4 Å². The summed E-state index contributed by atoms with van der Waals surface area (Å²) >= 11 is 3.64. The number of aliphatic hydroxyl groups is 1. The third-order valence-electron chi connectivity index (χ3n) is 7.28. The lowest BCUT2D eigenvalue weighted by atomic mass is 9.70. The molecule has 0 aromatic rings. The molecule has 0 aliphatic carbocycles. The van der Waals surface area contributed by atoms with E-state index in [9.17, 15) is 19.5 Å². The summed E-state index contributed by atoms with van der Waals surface area (Å²) in [5.41, 5.74) is -1.74. The second-order valence-electron chi connectivity index (χ2n) is 10.7. The lowest BCUT2D eigenvalue weighted by Crippen LogP contribution is -2.62. The largest absolute Gasteiger partial charge is 0.461 e. The first-order valence-electron chi connectivity index (χ1n) is 11.8. The molecule has 3 heterocycles. The molecule has 3 fully saturated rings. The summed E-state index contributed by atoms with van der Waals surface area (Å²) in [5, 5.41) is 10.3. The normalized spacial score (nSPS) is 33.1. The number of carbonyl (C=O) groups excluding carboxylic acids is 3. The van der Waals surface area contributed by atoms with Gasteiger partial charge in [-0.2, -0.15) is 0 Å². The Kier molecular flexibility index (Phi) is 7.70. The summed E-state index contributed by atoms with van der Waals surface area (Å²) in [6.07, 6.45) is 2.94. The fraction of sp³-hybridized carbons (Fsp3) is 0.720. The van der Waals surface area contributed by atoms with Crippen molar-refractivity contribution in [2.24, 2.45) is 17.8 Å². The molecular formula is C25H37BrN2O6. The van der Waals surface area contributed by atoms with Gasteiger partial charge in [0.2, 0.25) is 11.8 Å². The number of hydrogen-bond acceptors (Lipinski definition) is 6. The van der Waals surface area contributed by atoms with Crippen LogP contribution in [0.4, 0.5) is 0 Å². The van der Waals surface area contributed by atoms with Crippen LogP contribution in [0.3, 0.4) is 0 Å². The lowest BCUT2D eigenvalue weighted by molar-refractivity contribution is -0.157. The molecule has 1 N–H and O–H groups in total. The monoisotopic (exact) mass is 540 g/mol. The van der Waals surface area contributed by atoms with Gasteiger partial charge in [0.15, 0.2) is 0 Å². The maximum atomic E-state index is 14.2. The fourth-order valence-electron chi connectivity index (χ4n) is 5.80. The second-order valence-corrected chi connectivity index (χ2v) is 11.9. The third-order valence-corrected chi connectivity index (χ3v) is 8.12. The highest BCUT2D eigenvalue weighted by molar-refractivity contribution is 9.09. The average Bonchev–Trinajstić information content (AvgIpc) is 3.33. The second kappa shape index (κ2) is 9.74. The number of esters is 1. The molecule has 0 radical (unpaired) electrons. The number of rotatable bonds is 9. The van der Waals surface area contributed by atoms with E-state index in [-0.39, 0.29) is 35.8 Å². The first-order valence-corrected chi connectivity index (χ1v) is 12.7. The van der Waals surface area contributed by atoms with Crippen molar-refractivity contribution < 1.29 is 29.0 Å². The SMILES string of the molecule is C=CCOC(=O)[C@H]1[C@H]2C(=O)N([C@@H](CO)C(C)C)C(C(=O)N(CC=C)C(C)(C)C)C23CC(Br)[C@@H]1O3. The summed E-state index contributed by atoms with van der Waals surface area (Å²) in [6, 6.07) is -1.58. The Morgan fingerprint density at radius 3 is 2.50 bits per heavy atom. The molecule has 190 valence electrons. The highest BCUT2D eigenvalue weighted by Gasteiger charge is 2.77. The minimum atomic E-state index is -1.20. The number of ether oxygens (including phenoxy) is 2. The van der Waals surface area contributed by atoms with Crippen molar-refractivity contribution >= 4 is 33.7 Å². The van der Waals surface area contributed by atoms with Crippen molar-refractivity contribution in [1.29, 1.82) is 0 Å². The Balaban J connectivity index is 2.16. The number of amides is 2. The third kappa shape index (κ3) is 4.13. The maximum absolute atomic E-state index is 14.2. The van der Waals surface area contributed by atoms with Crippen molar-refractivity contribution in [2.75, 3.05) is 19.8 Å². The van der Waals surface area contributed by atoms with Crippen molar-refractivity contribution in [3.63, 3.8) is 0 Å². The van der Waals surface area contributed by atoms with Crippen LogP contribution in [-0.2, 0) is 23.9 Å². The van der Waals surface area contributed by atoms with E-state index in [1.165, 1.54) is 11.0 Å². The zero-order valence-corrected chi connectivity index (χ0v) is 22.3. The Bertz CT molecular complexity index is 855. The van der Waals surface area contributed by atoms with Crippen molar-refractivity contribution in [3.05, 3.63) is 25.3 Å². The fourth-order valence-corrected chi connectivity index (χ4v) is 6.74. The van der Waals surface area contributed by atoms with Gasteiger partial charge in [-0.15, -0.1) is 6.58 Å². The van der Waals surface area contributed by atoms with E-state index in [4.69, 9.17) is 9.47 Å². The van der Waals surface area contributed by atoms with Gasteiger partial charge in [-0.05, 0) is 33.1 Å². The molecule has 0 aromatic carbocycles. The molecule has 2 bridgehead atoms. The van der Waals surface area contributed by atoms with Crippen LogP contribution in [0, 0.1) is 17.8 Å². The highest BCUT2D eigenvalue weighted by atomic mass is 79.9. The number of carbonyl (C=O) groups is 3. The van der Waals surface area contributed by atoms with Gasteiger partial charge in [-0.1, -0.05) is 48.5 Å². The standard InChI is InChI=1S/C25H37BrN2O6/c1-8-10-27(24(5,6)7)22(31)20-25-12-15(26)19(34-25)17(23(32)33-11-9-2)18(25)21(30)28(20)16(13-29)14(3)4/h8-9,14-20,29H,1-2,10-13H2,3-7H3/t15?,16-,17-,18-,19-,20?,25?/m0/s1. The lowest BCUT2D eigenvalue weighted by Gasteiger charge is -2.44. The molecule has 3 aliphatic heterocycles. The van der Waals surface area contributed by atoms with Crippen LogP contribution in [0.15, 0.2) is 25.3 Å². The predicted octanol–water partition coefficient (Wildman–Crippen LogP) is 2.29. The van der Waals surface area contributed by atoms with E-state index in [1.807, 2.05) is 34.6 Å². The quantitative estimate of drug-likeness (QED) is 0.274. The van der Waals surface area contributed by atoms with E-state index < -0.39 is 47.1 Å². The summed E-state index contributed by atoms with van der Waals surface area (Å²) in [6.45, 7) is 17.0. The van der Waals surface area contributed by atoms with Gasteiger partial charge in [0.25, 0.3) is 0 Å². The number of aliphatic hydroxyl groups excluding tert-OH is 1. The molecule has 3 rings (SSSR count). The van der Waals surface area contributed by atoms with Gasteiger partial charge in [-0.25, -0.2) is 0 Å². The minimum Gasteiger partial charge on any atom is -0.461 e. The number of halogens is 1. The molecule has 2 amide bonds. The van der Waals surface area contributed by atoms with E-state index in [0.29, 0.717) is 13.0 Å². The van der Waals surface area contributed by atoms with Gasteiger partial charge < -0.3 is 24.4 Å². The van der Waals surface area contributed by atoms with Crippen molar-refractivity contribution in [2.45, 2.75) is 75.2 Å². The smallest absolute Gasteiger partial charge is 0.312 e. The summed E-state index contributed by atoms with van der Waals surface area (Å²) in [5.74, 6) is -2.99. The zero-order valence-electron chi connectivity index (χ0n) is 20.7. The van der Waals surface area contributed by atoms with Crippen LogP contribution in [0.5, 0.6) is 0 Å². The van der Waals surface area contributed by atoms with Crippen LogP contribution in [0.1, 0.15) is 41.0 Å². The number of hydrogen-bond donors (Lipinski definition) is 1. The van der Waals surface area contributed by atoms with Crippen molar-refractivity contribution in [3.8, 4) is 0 Å². The molecule has 8 nitrogen and oxygen atoms in total. The van der Waals surface area contributed by atoms with E-state index in [1.54, 1.807) is 11.0 Å². The van der Waals surface area contributed by atoms with E-state index >= 15 is 0 Å². The van der Waals surface area contributed by atoms with Gasteiger partial charge in [0.05, 0.1) is 30.6 Å². The summed E-state index contributed by atoms with van der Waals surface area (Å²) in [4.78, 5) is 44.3. The zero-order chi connectivity index (χ0) is 25.6. The van der Waals surface area contributed by atoms with Crippen LogP contribution >= 0.6 is 15.9 Å². The highest BCUT2D eigenvalue weighted by Crippen LogP contribution is 2.61. The summed E-state index contributed by atoms with van der Waals surface area (Å²) in [7, 11) is 0. The first-order chi connectivity index (χ1) is 15.9. The number of likely N-dealkylation sites (tertiary alicyclic amines) is 1. The molecular weight excluding hydrogens is 504 g/mol. The van der Waals surface area contributed by atoms with Crippen molar-refractivity contribution in [1.82, 2.24) is 9.80 Å². The molecule has 0 aromatic heterocycles. The molecule has 3 aliphatic rings. The van der Waals surface area contributed by atoms with Gasteiger partial charge in [0.1, 0.15) is 18.2 Å². The predicted molar refractivity (Wildman–Crippen MR) is 131 cm³/mol. The molecule has 34 heavy (non-hydrogen) atoms. The maximum Gasteiger partial charge on any atom is 0.312 e. The average molecular weight is 541 g/mol. The Labute approximate surface area is 210 Å². The minimum absolute atomic E-state index is 0.0252. The number of fused-ring (bicyclic) bond motifs is 1. The van der Waals surface area contributed by atoms with E-state index in [2.05, 4.69) is 29.1 Å². The summed E-state index contributed by atoms with van der Waals surface area (Å²) < 4.78 is 11.8. The Morgan fingerprint density at radius 2 is 2.00 bits per heavy atom. The molecule has 9 heteroatoms. The van der Waals surface area contributed by atoms with Crippen LogP contribution in [0.2, 0.25) is 0 Å². The Hall–Kier alpha value is -1.71. The van der Waals surface area contributed by atoms with E-state index in [0.717, 1.165) is 0 Å². The molecule has 7 atom stereocenters. The first kappa shape index (κ1) is 26.9. The van der Waals surface area contributed by atoms with Crippen LogP contribution < -0.4 is 0 Å². The van der Waals surface area contributed by atoms with Crippen LogP contribution in [-0.4, -0.2) is 86.6 Å². The number of alkyl halides is 1. The Morgan fingerprint density at radius 1 is 1.35 bits per heavy atom.